The summed E-state index contributed by atoms with van der Waals surface area (Å²) in [6.07, 6.45) is 0.812. The summed E-state index contributed by atoms with van der Waals surface area (Å²) < 4.78 is 19.2. The molecule has 2 nitrogen and oxygen atoms in total. The molecule has 0 aliphatic carbocycles. The van der Waals surface area contributed by atoms with Gasteiger partial charge in [0.15, 0.2) is 0 Å². The maximum atomic E-state index is 13.0. The lowest BCUT2D eigenvalue weighted by Gasteiger charge is -2.19. The molecule has 0 fully saturated rings. The molecule has 112 valence electrons. The van der Waals surface area contributed by atoms with Gasteiger partial charge in [0.05, 0.1) is 11.6 Å². The molecule has 2 rings (SSSR count). The van der Waals surface area contributed by atoms with E-state index in [1.165, 1.54) is 17.7 Å². The molecule has 2 aromatic rings. The molecule has 4 heteroatoms. The van der Waals surface area contributed by atoms with Gasteiger partial charge in [-0.2, -0.15) is 0 Å². The van der Waals surface area contributed by atoms with Crippen molar-refractivity contribution in [2.75, 3.05) is 13.7 Å². The van der Waals surface area contributed by atoms with Crippen LogP contribution in [0.1, 0.15) is 24.1 Å². The molecule has 0 amide bonds. The highest BCUT2D eigenvalue weighted by molar-refractivity contribution is 9.10. The Kier molecular flexibility index (Phi) is 5.76. The molecule has 0 aromatic heterocycles. The summed E-state index contributed by atoms with van der Waals surface area (Å²) in [4.78, 5) is 0. The molecular formula is C17H19BrFNO. The Morgan fingerprint density at radius 3 is 2.48 bits per heavy atom. The van der Waals surface area contributed by atoms with Crippen LogP contribution in [0.4, 0.5) is 4.39 Å². The van der Waals surface area contributed by atoms with Gasteiger partial charge in [-0.25, -0.2) is 4.39 Å². The highest BCUT2D eigenvalue weighted by Crippen LogP contribution is 2.29. The predicted molar refractivity (Wildman–Crippen MR) is 87.2 cm³/mol. The Hall–Kier alpha value is -1.39. The van der Waals surface area contributed by atoms with Crippen molar-refractivity contribution in [1.82, 2.24) is 5.32 Å². The maximum absolute atomic E-state index is 13.0. The van der Waals surface area contributed by atoms with Crippen LogP contribution < -0.4 is 10.1 Å². The van der Waals surface area contributed by atoms with Crippen LogP contribution in [0.15, 0.2) is 46.9 Å². The van der Waals surface area contributed by atoms with E-state index in [1.54, 1.807) is 7.11 Å². The van der Waals surface area contributed by atoms with Crippen molar-refractivity contribution < 1.29 is 9.13 Å². The summed E-state index contributed by atoms with van der Waals surface area (Å²) in [6, 6.07) is 12.9. The quantitative estimate of drug-likeness (QED) is 0.827. The lowest BCUT2D eigenvalue weighted by Crippen LogP contribution is -2.23. The van der Waals surface area contributed by atoms with Gasteiger partial charge < -0.3 is 10.1 Å². The molecule has 0 radical (unpaired) electrons. The molecule has 0 spiro atoms. The molecule has 1 N–H and O–H groups in total. The molecule has 21 heavy (non-hydrogen) atoms. The van der Waals surface area contributed by atoms with Crippen molar-refractivity contribution in [2.24, 2.45) is 0 Å². The third-order valence-corrected chi connectivity index (χ3v) is 4.00. The SMILES string of the molecule is CCNC(Cc1ccc(F)cc1)c1ccc(OC)c(Br)c1. The highest BCUT2D eigenvalue weighted by Gasteiger charge is 2.13. The van der Waals surface area contributed by atoms with Crippen molar-refractivity contribution in [2.45, 2.75) is 19.4 Å². The van der Waals surface area contributed by atoms with Crippen LogP contribution in [0.25, 0.3) is 0 Å². The Balaban J connectivity index is 2.21. The zero-order chi connectivity index (χ0) is 15.2. The van der Waals surface area contributed by atoms with E-state index in [1.807, 2.05) is 18.2 Å². The summed E-state index contributed by atoms with van der Waals surface area (Å²) in [5.74, 6) is 0.613. The zero-order valence-electron chi connectivity index (χ0n) is 12.2. The van der Waals surface area contributed by atoms with Gasteiger partial charge in [-0.15, -0.1) is 0 Å². The monoisotopic (exact) mass is 351 g/mol. The van der Waals surface area contributed by atoms with E-state index in [4.69, 9.17) is 4.74 Å². The molecule has 0 saturated heterocycles. The minimum absolute atomic E-state index is 0.183. The second-order valence-corrected chi connectivity index (χ2v) is 5.69. The minimum atomic E-state index is -0.203. The third-order valence-electron chi connectivity index (χ3n) is 3.38. The van der Waals surface area contributed by atoms with E-state index in [-0.39, 0.29) is 11.9 Å². The van der Waals surface area contributed by atoms with Crippen LogP contribution in [-0.2, 0) is 6.42 Å². The van der Waals surface area contributed by atoms with Crippen LogP contribution in [0.3, 0.4) is 0 Å². The minimum Gasteiger partial charge on any atom is -0.496 e. The lowest BCUT2D eigenvalue weighted by atomic mass is 9.98. The van der Waals surface area contributed by atoms with Gasteiger partial charge in [-0.3, -0.25) is 0 Å². The average molecular weight is 352 g/mol. The van der Waals surface area contributed by atoms with Crippen molar-refractivity contribution in [3.63, 3.8) is 0 Å². The number of benzene rings is 2. The Bertz CT molecular complexity index is 586. The summed E-state index contributed by atoms with van der Waals surface area (Å²) in [5.41, 5.74) is 2.28. The fraction of sp³-hybridized carbons (Fsp3) is 0.294. The number of halogens is 2. The maximum Gasteiger partial charge on any atom is 0.133 e. The number of likely N-dealkylation sites (N-methyl/N-ethyl adjacent to an activating group) is 1. The normalized spacial score (nSPS) is 12.2. The summed E-state index contributed by atoms with van der Waals surface area (Å²) in [6.45, 7) is 2.95. The van der Waals surface area contributed by atoms with Crippen molar-refractivity contribution >= 4 is 15.9 Å². The largest absolute Gasteiger partial charge is 0.496 e. The Morgan fingerprint density at radius 2 is 1.90 bits per heavy atom. The van der Waals surface area contributed by atoms with Crippen LogP contribution in [0.2, 0.25) is 0 Å². The van der Waals surface area contributed by atoms with E-state index in [9.17, 15) is 4.39 Å². The Labute approximate surface area is 133 Å². The van der Waals surface area contributed by atoms with E-state index in [0.717, 1.165) is 28.8 Å². The van der Waals surface area contributed by atoms with E-state index in [2.05, 4.69) is 40.3 Å². The van der Waals surface area contributed by atoms with E-state index >= 15 is 0 Å². The van der Waals surface area contributed by atoms with Gasteiger partial charge in [0.1, 0.15) is 11.6 Å². The van der Waals surface area contributed by atoms with Crippen LogP contribution in [0.5, 0.6) is 5.75 Å². The van der Waals surface area contributed by atoms with Gasteiger partial charge in [-0.1, -0.05) is 25.1 Å². The fourth-order valence-corrected chi connectivity index (χ4v) is 2.87. The van der Waals surface area contributed by atoms with E-state index < -0.39 is 0 Å². The predicted octanol–water partition coefficient (Wildman–Crippen LogP) is 4.49. The first kappa shape index (κ1) is 16.0. The topological polar surface area (TPSA) is 21.3 Å². The van der Waals surface area contributed by atoms with Gasteiger partial charge >= 0.3 is 0 Å². The number of rotatable bonds is 6. The van der Waals surface area contributed by atoms with Crippen molar-refractivity contribution in [1.29, 1.82) is 0 Å². The zero-order valence-corrected chi connectivity index (χ0v) is 13.8. The molecule has 1 atom stereocenters. The van der Waals surface area contributed by atoms with Crippen LogP contribution >= 0.6 is 15.9 Å². The summed E-state index contributed by atoms with van der Waals surface area (Å²) >= 11 is 3.52. The van der Waals surface area contributed by atoms with Gasteiger partial charge in [0.25, 0.3) is 0 Å². The molecule has 0 bridgehead atoms. The molecule has 0 heterocycles. The standard InChI is InChI=1S/C17H19BrFNO/c1-3-20-16(10-12-4-7-14(19)8-5-12)13-6-9-17(21-2)15(18)11-13/h4-9,11,16,20H,3,10H2,1-2H3. The van der Waals surface area contributed by atoms with E-state index in [0.29, 0.717) is 0 Å². The smallest absolute Gasteiger partial charge is 0.133 e. The Morgan fingerprint density at radius 1 is 1.19 bits per heavy atom. The number of nitrogens with one attached hydrogen (secondary N) is 1. The first-order chi connectivity index (χ1) is 10.1. The highest BCUT2D eigenvalue weighted by atomic mass is 79.9. The summed E-state index contributed by atoms with van der Waals surface area (Å²) in [5, 5.41) is 3.47. The number of hydrogen-bond acceptors (Lipinski definition) is 2. The second-order valence-electron chi connectivity index (χ2n) is 4.83. The molecule has 2 aromatic carbocycles. The molecular weight excluding hydrogens is 333 g/mol. The lowest BCUT2D eigenvalue weighted by molar-refractivity contribution is 0.411. The molecule has 0 saturated carbocycles. The molecule has 0 aliphatic rings. The first-order valence-electron chi connectivity index (χ1n) is 6.95. The molecule has 0 aliphatic heterocycles. The van der Waals surface area contributed by atoms with Crippen LogP contribution in [0, 0.1) is 5.82 Å². The van der Waals surface area contributed by atoms with Gasteiger partial charge in [-0.05, 0) is 64.3 Å². The number of methoxy groups -OCH3 is 1. The van der Waals surface area contributed by atoms with Gasteiger partial charge in [0, 0.05) is 6.04 Å². The second kappa shape index (κ2) is 7.57. The number of hydrogen-bond donors (Lipinski definition) is 1. The van der Waals surface area contributed by atoms with Crippen LogP contribution in [-0.4, -0.2) is 13.7 Å². The number of ether oxygens (including phenoxy) is 1. The third kappa shape index (κ3) is 4.29. The summed E-state index contributed by atoms with van der Waals surface area (Å²) in [7, 11) is 1.65. The van der Waals surface area contributed by atoms with Crippen molar-refractivity contribution in [3.05, 3.63) is 63.9 Å². The molecule has 1 unspecified atom stereocenters. The van der Waals surface area contributed by atoms with Crippen molar-refractivity contribution in [3.8, 4) is 5.75 Å². The first-order valence-corrected chi connectivity index (χ1v) is 7.74. The average Bonchev–Trinajstić information content (AvgIpc) is 2.49. The van der Waals surface area contributed by atoms with Gasteiger partial charge in [0.2, 0.25) is 0 Å². The fourth-order valence-electron chi connectivity index (χ4n) is 2.31.